The maximum Gasteiger partial charge on any atom is 0.150 e. The van der Waals surface area contributed by atoms with E-state index in [1.54, 1.807) is 18.2 Å². The van der Waals surface area contributed by atoms with E-state index in [0.29, 0.717) is 16.3 Å². The largest absolute Gasteiger partial charge is 0.491 e. The van der Waals surface area contributed by atoms with Crippen LogP contribution in [0.2, 0.25) is 5.02 Å². The normalized spacial score (nSPS) is 11.4. The molecule has 0 atom stereocenters. The summed E-state index contributed by atoms with van der Waals surface area (Å²) >= 11 is 5.87. The Morgan fingerprint density at radius 3 is 2.69 bits per heavy atom. The Hall–Kier alpha value is -0.780. The summed E-state index contributed by atoms with van der Waals surface area (Å²) in [5.41, 5.74) is 0.543. The zero-order chi connectivity index (χ0) is 12.2. The highest BCUT2D eigenvalue weighted by Crippen LogP contribution is 2.28. The third-order valence-electron chi connectivity index (χ3n) is 1.92. The van der Waals surface area contributed by atoms with Gasteiger partial charge in [0.05, 0.1) is 17.4 Å². The molecule has 1 aromatic rings. The fourth-order valence-corrected chi connectivity index (χ4v) is 1.77. The van der Waals surface area contributed by atoms with Crippen molar-refractivity contribution >= 4 is 21.4 Å². The van der Waals surface area contributed by atoms with Crippen molar-refractivity contribution in [1.29, 1.82) is 0 Å². The quantitative estimate of drug-likeness (QED) is 0.870. The molecule has 0 saturated carbocycles. The van der Waals surface area contributed by atoms with Crippen LogP contribution in [0.3, 0.4) is 0 Å². The van der Waals surface area contributed by atoms with Gasteiger partial charge in [-0.15, -0.1) is 0 Å². The van der Waals surface area contributed by atoms with Gasteiger partial charge in [-0.05, 0) is 6.07 Å². The minimum atomic E-state index is -3.06. The average molecular weight is 265 g/mol. The number of ether oxygens (including phenoxy) is 1. The lowest BCUT2D eigenvalue weighted by molar-refractivity contribution is 0.267. The van der Waals surface area contributed by atoms with E-state index < -0.39 is 9.84 Å². The van der Waals surface area contributed by atoms with Crippen molar-refractivity contribution in [2.75, 3.05) is 18.6 Å². The fraction of sp³-hybridized carbons (Fsp3) is 0.400. The summed E-state index contributed by atoms with van der Waals surface area (Å²) in [6.45, 7) is -0.176. The van der Waals surface area contributed by atoms with E-state index in [4.69, 9.17) is 21.4 Å². The molecule has 0 heterocycles. The SMILES string of the molecule is CS(=O)(=O)CCOc1c(Cl)cccc1CO. The van der Waals surface area contributed by atoms with Gasteiger partial charge in [-0.1, -0.05) is 23.7 Å². The summed E-state index contributed by atoms with van der Waals surface area (Å²) in [5, 5.41) is 9.41. The molecule has 0 bridgehead atoms. The average Bonchev–Trinajstić information content (AvgIpc) is 2.18. The third kappa shape index (κ3) is 4.00. The Labute approximate surface area is 99.7 Å². The van der Waals surface area contributed by atoms with Crippen LogP contribution >= 0.6 is 11.6 Å². The highest BCUT2D eigenvalue weighted by Gasteiger charge is 2.09. The maximum atomic E-state index is 10.9. The van der Waals surface area contributed by atoms with E-state index >= 15 is 0 Å². The number of halogens is 1. The first-order chi connectivity index (χ1) is 7.44. The van der Waals surface area contributed by atoms with Crippen molar-refractivity contribution in [1.82, 2.24) is 0 Å². The molecule has 6 heteroatoms. The second-order valence-corrected chi connectivity index (χ2v) is 6.03. The molecular weight excluding hydrogens is 252 g/mol. The molecule has 0 fully saturated rings. The minimum Gasteiger partial charge on any atom is -0.491 e. The summed E-state index contributed by atoms with van der Waals surface area (Å²) in [5.74, 6) is 0.263. The van der Waals surface area contributed by atoms with Crippen LogP contribution in [0.4, 0.5) is 0 Å². The Morgan fingerprint density at radius 1 is 1.44 bits per heavy atom. The number of rotatable bonds is 5. The van der Waals surface area contributed by atoms with E-state index in [9.17, 15) is 8.42 Å². The van der Waals surface area contributed by atoms with Crippen LogP contribution in [-0.2, 0) is 16.4 Å². The molecule has 90 valence electrons. The summed E-state index contributed by atoms with van der Waals surface area (Å²) in [7, 11) is -3.06. The van der Waals surface area contributed by atoms with Crippen LogP contribution in [0.5, 0.6) is 5.75 Å². The van der Waals surface area contributed by atoms with Crippen LogP contribution in [0, 0.1) is 0 Å². The molecule has 0 saturated heterocycles. The van der Waals surface area contributed by atoms with Gasteiger partial charge >= 0.3 is 0 Å². The van der Waals surface area contributed by atoms with Gasteiger partial charge in [0, 0.05) is 11.8 Å². The second-order valence-electron chi connectivity index (χ2n) is 3.36. The molecule has 0 aromatic heterocycles. The van der Waals surface area contributed by atoms with Crippen LogP contribution in [0.25, 0.3) is 0 Å². The fourth-order valence-electron chi connectivity index (χ4n) is 1.13. The van der Waals surface area contributed by atoms with E-state index in [2.05, 4.69) is 0 Å². The lowest BCUT2D eigenvalue weighted by atomic mass is 10.2. The molecule has 0 spiro atoms. The van der Waals surface area contributed by atoms with Gasteiger partial charge in [-0.25, -0.2) is 8.42 Å². The summed E-state index contributed by atoms with van der Waals surface area (Å²) in [6, 6.07) is 4.98. The lowest BCUT2D eigenvalue weighted by Gasteiger charge is -2.11. The van der Waals surface area contributed by atoms with Gasteiger partial charge < -0.3 is 9.84 Å². The van der Waals surface area contributed by atoms with Gasteiger partial charge in [0.15, 0.2) is 9.84 Å². The van der Waals surface area contributed by atoms with Gasteiger partial charge in [0.1, 0.15) is 12.4 Å². The van der Waals surface area contributed by atoms with Crippen molar-refractivity contribution in [3.05, 3.63) is 28.8 Å². The first kappa shape index (κ1) is 13.3. The molecule has 0 radical (unpaired) electrons. The standard InChI is InChI=1S/C10H13ClO4S/c1-16(13,14)6-5-15-10-8(7-12)3-2-4-9(10)11/h2-4,12H,5-7H2,1H3. The van der Waals surface area contributed by atoms with Crippen LogP contribution < -0.4 is 4.74 Å². The van der Waals surface area contributed by atoms with Crippen LogP contribution in [0.1, 0.15) is 5.56 Å². The van der Waals surface area contributed by atoms with Gasteiger partial charge in [0.2, 0.25) is 0 Å². The van der Waals surface area contributed by atoms with E-state index in [-0.39, 0.29) is 19.0 Å². The topological polar surface area (TPSA) is 63.6 Å². The molecule has 1 rings (SSSR count). The van der Waals surface area contributed by atoms with Crippen molar-refractivity contribution in [2.24, 2.45) is 0 Å². The van der Waals surface area contributed by atoms with E-state index in [0.717, 1.165) is 6.26 Å². The Balaban J connectivity index is 2.73. The Morgan fingerprint density at radius 2 is 2.12 bits per heavy atom. The molecule has 1 N–H and O–H groups in total. The van der Waals surface area contributed by atoms with Crippen molar-refractivity contribution in [3.63, 3.8) is 0 Å². The highest BCUT2D eigenvalue weighted by atomic mass is 35.5. The number of aliphatic hydroxyl groups excluding tert-OH is 1. The number of aliphatic hydroxyl groups is 1. The van der Waals surface area contributed by atoms with Crippen LogP contribution in [-0.4, -0.2) is 32.1 Å². The molecule has 1 aromatic carbocycles. The first-order valence-electron chi connectivity index (χ1n) is 4.63. The number of hydrogen-bond donors (Lipinski definition) is 1. The molecule has 0 unspecified atom stereocenters. The van der Waals surface area contributed by atoms with E-state index in [1.807, 2.05) is 0 Å². The van der Waals surface area contributed by atoms with Crippen molar-refractivity contribution < 1.29 is 18.3 Å². The molecule has 16 heavy (non-hydrogen) atoms. The predicted octanol–water partition coefficient (Wildman–Crippen LogP) is 1.26. The second kappa shape index (κ2) is 5.52. The molecule has 0 aliphatic rings. The predicted molar refractivity (Wildman–Crippen MR) is 62.6 cm³/mol. The number of para-hydroxylation sites is 1. The number of sulfone groups is 1. The molecule has 0 aliphatic carbocycles. The first-order valence-corrected chi connectivity index (χ1v) is 7.06. The zero-order valence-electron chi connectivity index (χ0n) is 8.81. The summed E-state index contributed by atoms with van der Waals surface area (Å²) < 4.78 is 27.1. The Bertz CT molecular complexity index is 456. The summed E-state index contributed by atoms with van der Waals surface area (Å²) in [4.78, 5) is 0. The number of benzene rings is 1. The van der Waals surface area contributed by atoms with Crippen molar-refractivity contribution in [3.8, 4) is 5.75 Å². The summed E-state index contributed by atoms with van der Waals surface area (Å²) in [6.07, 6.45) is 1.13. The van der Waals surface area contributed by atoms with Crippen LogP contribution in [0.15, 0.2) is 18.2 Å². The maximum absolute atomic E-state index is 10.9. The smallest absolute Gasteiger partial charge is 0.150 e. The zero-order valence-corrected chi connectivity index (χ0v) is 10.4. The van der Waals surface area contributed by atoms with Gasteiger partial charge in [-0.3, -0.25) is 0 Å². The molecular formula is C10H13ClO4S. The highest BCUT2D eigenvalue weighted by molar-refractivity contribution is 7.90. The molecule has 0 aliphatic heterocycles. The van der Waals surface area contributed by atoms with Gasteiger partial charge in [0.25, 0.3) is 0 Å². The third-order valence-corrected chi connectivity index (χ3v) is 3.13. The molecule has 0 amide bonds. The number of hydrogen-bond acceptors (Lipinski definition) is 4. The Kier molecular flexibility index (Phi) is 4.58. The van der Waals surface area contributed by atoms with E-state index in [1.165, 1.54) is 0 Å². The lowest BCUT2D eigenvalue weighted by Crippen LogP contribution is -2.13. The minimum absolute atomic E-state index is 0.0234. The monoisotopic (exact) mass is 264 g/mol. The van der Waals surface area contributed by atoms with Crippen molar-refractivity contribution in [2.45, 2.75) is 6.61 Å². The van der Waals surface area contributed by atoms with Gasteiger partial charge in [-0.2, -0.15) is 0 Å². The molecule has 4 nitrogen and oxygen atoms in total.